The molecule has 0 atom stereocenters. The average molecular weight is 863 g/mol. The maximum atomic E-state index is 2.75. The summed E-state index contributed by atoms with van der Waals surface area (Å²) in [6.07, 6.45) is 2.42. The van der Waals surface area contributed by atoms with E-state index < -0.39 is 0 Å². The van der Waals surface area contributed by atoms with Crippen LogP contribution in [0.1, 0.15) is 129 Å². The Morgan fingerprint density at radius 1 is 0.508 bits per heavy atom. The number of hydrogen-bond donors (Lipinski definition) is 0. The smallest absolute Gasteiger partial charge is 0.333 e. The summed E-state index contributed by atoms with van der Waals surface area (Å²) in [5.41, 5.74) is 23.6. The fourth-order valence-corrected chi connectivity index (χ4v) is 13.9. The summed E-state index contributed by atoms with van der Waals surface area (Å²) < 4.78 is 5.35. The maximum Gasteiger partial charge on any atom is 0.333 e. The zero-order valence-corrected chi connectivity index (χ0v) is 41.1. The van der Waals surface area contributed by atoms with Crippen molar-refractivity contribution in [2.24, 2.45) is 0 Å². The molecule has 7 aromatic carbocycles. The van der Waals surface area contributed by atoms with E-state index in [1.54, 1.807) is 5.56 Å². The summed E-state index contributed by atoms with van der Waals surface area (Å²) in [5.74, 6) is 0. The van der Waals surface area contributed by atoms with Crippen molar-refractivity contribution in [3.05, 3.63) is 149 Å². The van der Waals surface area contributed by atoms with Gasteiger partial charge in [0.15, 0.2) is 0 Å². The molecule has 4 heterocycles. The number of aromatic nitrogens is 1. The van der Waals surface area contributed by atoms with E-state index in [9.17, 15) is 0 Å². The molecule has 4 aliphatic rings. The molecule has 0 spiro atoms. The standard InChI is InChI=1S/C61H59BN2S/c1-57(2,3)34-17-20-36(21-18-34)64-52-33-46-40(41-29-47-48(32-45(41)61(46,11)12)60(9,10)26-25-59(47,7)8)28-42(52)38-22-23-39-43-31-54-44(37-15-13-14-16-53(37)65-54)30-51(43)63-50-24-19-35(58(4,5)6)27-49(50)62(64)55(38)56(39)63/h13-24,27-33H,25-26H2,1-12H3. The molecule has 0 amide bonds. The second-order valence-corrected chi connectivity index (χ2v) is 25.1. The van der Waals surface area contributed by atoms with Crippen LogP contribution in [0.15, 0.2) is 115 Å². The van der Waals surface area contributed by atoms with Gasteiger partial charge in [0.05, 0.1) is 11.0 Å². The molecule has 322 valence electrons. The number of anilines is 2. The van der Waals surface area contributed by atoms with Crippen LogP contribution in [0, 0.1) is 0 Å². The van der Waals surface area contributed by atoms with E-state index in [0.29, 0.717) is 0 Å². The van der Waals surface area contributed by atoms with Crippen LogP contribution in [-0.4, -0.2) is 11.4 Å². The molecule has 0 bridgehead atoms. The van der Waals surface area contributed by atoms with Gasteiger partial charge in [0.2, 0.25) is 0 Å². The van der Waals surface area contributed by atoms with Crippen molar-refractivity contribution in [2.75, 3.05) is 4.81 Å². The molecule has 2 aliphatic heterocycles. The van der Waals surface area contributed by atoms with Crippen molar-refractivity contribution in [1.29, 1.82) is 0 Å². The van der Waals surface area contributed by atoms with Crippen molar-refractivity contribution in [3.63, 3.8) is 0 Å². The van der Waals surface area contributed by atoms with Crippen LogP contribution in [0.5, 0.6) is 0 Å². The number of rotatable bonds is 1. The molecule has 4 heteroatoms. The molecule has 0 fully saturated rings. The van der Waals surface area contributed by atoms with Gasteiger partial charge in [-0.1, -0.05) is 144 Å². The highest BCUT2D eigenvalue weighted by molar-refractivity contribution is 7.25. The van der Waals surface area contributed by atoms with Gasteiger partial charge in [0.25, 0.3) is 0 Å². The molecule has 0 saturated carbocycles. The van der Waals surface area contributed by atoms with E-state index >= 15 is 0 Å². The van der Waals surface area contributed by atoms with Gasteiger partial charge < -0.3 is 9.38 Å². The highest BCUT2D eigenvalue weighted by Crippen LogP contribution is 2.58. The van der Waals surface area contributed by atoms with Crippen molar-refractivity contribution in [2.45, 2.75) is 123 Å². The second-order valence-electron chi connectivity index (χ2n) is 24.1. The minimum atomic E-state index is -0.161. The lowest BCUT2D eigenvalue weighted by atomic mass is 9.43. The van der Waals surface area contributed by atoms with Crippen LogP contribution < -0.4 is 15.7 Å². The minimum Gasteiger partial charge on any atom is -0.376 e. The van der Waals surface area contributed by atoms with Gasteiger partial charge in [0, 0.05) is 59.0 Å². The average Bonchev–Trinajstić information content (AvgIpc) is 3.86. The highest BCUT2D eigenvalue weighted by atomic mass is 32.1. The largest absolute Gasteiger partial charge is 0.376 e. The molecule has 9 aromatic rings. The minimum absolute atomic E-state index is 0.0185. The SMILES string of the molecule is CC(C)(C)c1ccc(N2B3c4cc(C(C)(C)C)ccc4-n4c5cc6c(cc5c5ccc(c3c54)-c3cc4c(cc32)C(C)(C)c2cc3c(cc2-4)C(C)(C)CCC3(C)C)sc2ccccc26)cc1. The van der Waals surface area contributed by atoms with E-state index in [-0.39, 0.29) is 33.9 Å². The Hall–Kier alpha value is -5.58. The summed E-state index contributed by atoms with van der Waals surface area (Å²) in [6.45, 7) is 28.9. The number of benzene rings is 7. The van der Waals surface area contributed by atoms with E-state index in [1.807, 2.05) is 11.3 Å². The summed E-state index contributed by atoms with van der Waals surface area (Å²) in [5, 5.41) is 5.36. The first kappa shape index (κ1) is 39.8. The monoisotopic (exact) mass is 862 g/mol. The lowest BCUT2D eigenvalue weighted by Gasteiger charge is -2.43. The number of fused-ring (bicyclic) bond motifs is 15. The van der Waals surface area contributed by atoms with Crippen LogP contribution >= 0.6 is 11.3 Å². The zero-order valence-electron chi connectivity index (χ0n) is 40.3. The van der Waals surface area contributed by atoms with E-state index in [2.05, 4.69) is 208 Å². The molecule has 65 heavy (non-hydrogen) atoms. The van der Waals surface area contributed by atoms with Crippen LogP contribution in [0.2, 0.25) is 0 Å². The molecular weight excluding hydrogens is 804 g/mol. The Bertz CT molecular complexity index is 3600. The molecule has 0 unspecified atom stereocenters. The number of hydrogen-bond acceptors (Lipinski definition) is 2. The molecule has 2 aliphatic carbocycles. The van der Waals surface area contributed by atoms with Crippen LogP contribution in [-0.2, 0) is 27.1 Å². The van der Waals surface area contributed by atoms with Crippen LogP contribution in [0.3, 0.4) is 0 Å². The first-order valence-corrected chi connectivity index (χ1v) is 24.9. The van der Waals surface area contributed by atoms with Crippen LogP contribution in [0.25, 0.3) is 69.9 Å². The third-order valence-corrected chi connectivity index (χ3v) is 17.9. The predicted octanol–water partition coefficient (Wildman–Crippen LogP) is 15.6. The van der Waals surface area contributed by atoms with Gasteiger partial charge in [-0.2, -0.15) is 0 Å². The van der Waals surface area contributed by atoms with Gasteiger partial charge in [-0.15, -0.1) is 11.3 Å². The molecule has 2 nitrogen and oxygen atoms in total. The van der Waals surface area contributed by atoms with Gasteiger partial charge in [-0.05, 0) is 150 Å². The maximum absolute atomic E-state index is 2.75. The Morgan fingerprint density at radius 2 is 1.17 bits per heavy atom. The first-order chi connectivity index (χ1) is 30.7. The molecule has 2 aromatic heterocycles. The molecule has 0 N–H and O–H groups in total. The van der Waals surface area contributed by atoms with Crippen molar-refractivity contribution in [1.82, 2.24) is 4.57 Å². The van der Waals surface area contributed by atoms with Crippen molar-refractivity contribution >= 4 is 82.5 Å². The number of thiophene rings is 1. The summed E-state index contributed by atoms with van der Waals surface area (Å²) in [7, 11) is 0. The molecule has 0 radical (unpaired) electrons. The van der Waals surface area contributed by atoms with E-state index in [0.717, 1.165) is 0 Å². The Labute approximate surface area is 389 Å². The second kappa shape index (κ2) is 12.4. The van der Waals surface area contributed by atoms with Gasteiger partial charge in [-0.25, -0.2) is 0 Å². The quantitative estimate of drug-likeness (QED) is 0.149. The van der Waals surface area contributed by atoms with Gasteiger partial charge in [0.1, 0.15) is 0 Å². The third-order valence-electron chi connectivity index (χ3n) is 16.8. The van der Waals surface area contributed by atoms with Crippen molar-refractivity contribution in [3.8, 4) is 27.9 Å². The molecular formula is C61H59BN2S. The summed E-state index contributed by atoms with van der Waals surface area (Å²) in [6, 6.07) is 46.4. The van der Waals surface area contributed by atoms with Gasteiger partial charge >= 0.3 is 6.85 Å². The first-order valence-electron chi connectivity index (χ1n) is 24.1. The zero-order chi connectivity index (χ0) is 45.1. The van der Waals surface area contributed by atoms with Crippen molar-refractivity contribution < 1.29 is 0 Å². The van der Waals surface area contributed by atoms with E-state index in [1.165, 1.54) is 133 Å². The fourth-order valence-electron chi connectivity index (χ4n) is 12.8. The predicted molar refractivity (Wildman–Crippen MR) is 283 cm³/mol. The fraction of sp³-hybridized carbons (Fsp3) is 0.311. The normalized spacial score (nSPS) is 17.4. The summed E-state index contributed by atoms with van der Waals surface area (Å²) in [4.78, 5) is 2.75. The Morgan fingerprint density at radius 3 is 1.89 bits per heavy atom. The Kier molecular flexibility index (Phi) is 7.61. The van der Waals surface area contributed by atoms with E-state index in [4.69, 9.17) is 0 Å². The van der Waals surface area contributed by atoms with Crippen LogP contribution in [0.4, 0.5) is 11.4 Å². The molecule has 0 saturated heterocycles. The lowest BCUT2D eigenvalue weighted by molar-refractivity contribution is 0.331. The van der Waals surface area contributed by atoms with Gasteiger partial charge in [-0.3, -0.25) is 0 Å². The topological polar surface area (TPSA) is 8.17 Å². The highest BCUT2D eigenvalue weighted by Gasteiger charge is 2.48. The Balaban J connectivity index is 1.16. The lowest BCUT2D eigenvalue weighted by Crippen LogP contribution is -2.60. The summed E-state index contributed by atoms with van der Waals surface area (Å²) >= 11 is 1.92. The molecule has 13 rings (SSSR count). The third kappa shape index (κ3) is 5.24. The number of nitrogens with zero attached hydrogens (tertiary/aromatic N) is 2.